The number of carbonyl (C=O) groups is 4. The summed E-state index contributed by atoms with van der Waals surface area (Å²) in [4.78, 5) is 48.3. The smallest absolute Gasteiger partial charge is 0.327 e. The molecule has 11 heteroatoms. The number of carbonyl (C=O) groups excluding carboxylic acids is 3. The summed E-state index contributed by atoms with van der Waals surface area (Å²) in [6, 6.07) is -4.39. The van der Waals surface area contributed by atoms with E-state index in [1.54, 1.807) is 6.92 Å². The molecule has 0 radical (unpaired) electrons. The van der Waals surface area contributed by atoms with E-state index in [2.05, 4.69) is 28.6 Å². The van der Waals surface area contributed by atoms with Gasteiger partial charge in [-0.25, -0.2) is 4.79 Å². The molecule has 7 N–H and O–H groups in total. The second-order valence-corrected chi connectivity index (χ2v) is 7.79. The fourth-order valence-electron chi connectivity index (χ4n) is 2.41. The van der Waals surface area contributed by atoms with Crippen LogP contribution >= 0.6 is 12.6 Å². The van der Waals surface area contributed by atoms with Crippen LogP contribution in [-0.2, 0) is 19.2 Å². The molecule has 0 aromatic carbocycles. The largest absolute Gasteiger partial charge is 0.480 e. The lowest BCUT2D eigenvalue weighted by atomic mass is 9.99. The number of aliphatic hydroxyl groups excluding tert-OH is 1. The minimum Gasteiger partial charge on any atom is -0.480 e. The monoisotopic (exact) mass is 434 g/mol. The molecule has 0 aromatic rings. The van der Waals surface area contributed by atoms with Crippen molar-refractivity contribution >= 4 is 36.3 Å². The molecule has 0 saturated heterocycles. The normalized spacial score (nSPS) is 16.3. The van der Waals surface area contributed by atoms with Crippen LogP contribution in [0.25, 0.3) is 0 Å². The Kier molecular flexibility index (Phi) is 12.5. The Morgan fingerprint density at radius 2 is 1.41 bits per heavy atom. The van der Waals surface area contributed by atoms with Crippen molar-refractivity contribution in [2.45, 2.75) is 64.7 Å². The van der Waals surface area contributed by atoms with Crippen molar-refractivity contribution < 1.29 is 29.4 Å². The first-order valence-corrected chi connectivity index (χ1v) is 10.2. The third-order valence-corrected chi connectivity index (χ3v) is 4.88. The molecule has 0 rings (SSSR count). The summed E-state index contributed by atoms with van der Waals surface area (Å²) in [6.45, 7) is 6.64. The molecule has 0 bridgehead atoms. The summed E-state index contributed by atoms with van der Waals surface area (Å²) in [7, 11) is 0. The lowest BCUT2D eigenvalue weighted by molar-refractivity contribution is -0.141. The van der Waals surface area contributed by atoms with Gasteiger partial charge >= 0.3 is 5.97 Å². The summed E-state index contributed by atoms with van der Waals surface area (Å²) in [5.41, 5.74) is 5.84. The Labute approximate surface area is 176 Å². The fourth-order valence-corrected chi connectivity index (χ4v) is 2.65. The number of nitrogens with two attached hydrogens (primary N) is 1. The van der Waals surface area contributed by atoms with Crippen LogP contribution in [0.2, 0.25) is 0 Å². The Balaban J connectivity index is 5.20. The third kappa shape index (κ3) is 9.46. The van der Waals surface area contributed by atoms with Gasteiger partial charge in [0.1, 0.15) is 18.1 Å². The van der Waals surface area contributed by atoms with Crippen molar-refractivity contribution in [2.75, 3.05) is 12.4 Å². The summed E-state index contributed by atoms with van der Waals surface area (Å²) >= 11 is 3.89. The van der Waals surface area contributed by atoms with Crippen LogP contribution in [0.3, 0.4) is 0 Å². The van der Waals surface area contributed by atoms with Gasteiger partial charge in [-0.1, -0.05) is 34.1 Å². The van der Waals surface area contributed by atoms with Crippen molar-refractivity contribution in [3.8, 4) is 0 Å². The van der Waals surface area contributed by atoms with Crippen LogP contribution in [0, 0.1) is 11.8 Å². The molecule has 0 aromatic heterocycles. The number of carboxylic acids is 1. The zero-order valence-corrected chi connectivity index (χ0v) is 18.2. The minimum absolute atomic E-state index is 0.00585. The zero-order chi connectivity index (χ0) is 22.7. The Morgan fingerprint density at radius 1 is 0.931 bits per heavy atom. The SMILES string of the molecule is CCC(C)C(N)C(=O)NC(CO)C(=O)NC(CC(C)C)C(=O)NC(CS)C(=O)O. The maximum Gasteiger partial charge on any atom is 0.327 e. The van der Waals surface area contributed by atoms with E-state index in [1.807, 2.05) is 20.8 Å². The number of thiol groups is 1. The number of aliphatic hydroxyl groups is 1. The van der Waals surface area contributed by atoms with Crippen molar-refractivity contribution in [1.82, 2.24) is 16.0 Å². The van der Waals surface area contributed by atoms with Crippen molar-refractivity contribution in [1.29, 1.82) is 0 Å². The number of carboxylic acid groups (broad SMARTS) is 1. The molecule has 5 unspecified atom stereocenters. The van der Waals surface area contributed by atoms with E-state index in [9.17, 15) is 24.3 Å². The molecule has 3 amide bonds. The molecule has 0 fully saturated rings. The summed E-state index contributed by atoms with van der Waals surface area (Å²) in [6.07, 6.45) is 0.895. The first kappa shape index (κ1) is 27.1. The van der Waals surface area contributed by atoms with Gasteiger partial charge in [0, 0.05) is 5.75 Å². The van der Waals surface area contributed by atoms with E-state index in [1.165, 1.54) is 0 Å². The van der Waals surface area contributed by atoms with Crippen LogP contribution in [0.1, 0.15) is 40.5 Å². The van der Waals surface area contributed by atoms with E-state index in [0.29, 0.717) is 6.42 Å². The summed E-state index contributed by atoms with van der Waals surface area (Å²) < 4.78 is 0. The standard InChI is InChI=1S/C18H34N4O6S/c1-5-10(4)14(19)17(26)21-12(7-23)16(25)20-11(6-9(2)3)15(24)22-13(8-29)18(27)28/h9-14,23,29H,5-8,19H2,1-4H3,(H,20,25)(H,21,26)(H,22,24)(H,27,28). The lowest BCUT2D eigenvalue weighted by Gasteiger charge is -2.25. The number of aliphatic carboxylic acids is 1. The average molecular weight is 435 g/mol. The molecule has 29 heavy (non-hydrogen) atoms. The number of hydrogen-bond donors (Lipinski definition) is 7. The molecule has 0 heterocycles. The number of nitrogens with one attached hydrogen (secondary N) is 3. The topological polar surface area (TPSA) is 171 Å². The van der Waals surface area contributed by atoms with Crippen LogP contribution in [0.5, 0.6) is 0 Å². The molecule has 168 valence electrons. The molecule has 5 atom stereocenters. The average Bonchev–Trinajstić information content (AvgIpc) is 2.66. The molecule has 0 aliphatic carbocycles. The third-order valence-electron chi connectivity index (χ3n) is 4.51. The van der Waals surface area contributed by atoms with Gasteiger partial charge in [-0.2, -0.15) is 12.6 Å². The van der Waals surface area contributed by atoms with Crippen LogP contribution < -0.4 is 21.7 Å². The van der Waals surface area contributed by atoms with Crippen molar-refractivity contribution in [2.24, 2.45) is 17.6 Å². The van der Waals surface area contributed by atoms with E-state index >= 15 is 0 Å². The summed E-state index contributed by atoms with van der Waals surface area (Å²) in [5.74, 6) is -3.52. The van der Waals surface area contributed by atoms with Gasteiger partial charge in [0.25, 0.3) is 0 Å². The zero-order valence-electron chi connectivity index (χ0n) is 17.3. The number of rotatable bonds is 13. The maximum absolute atomic E-state index is 12.5. The highest BCUT2D eigenvalue weighted by atomic mass is 32.1. The predicted molar refractivity (Wildman–Crippen MR) is 111 cm³/mol. The molecule has 0 aliphatic heterocycles. The molecule has 0 saturated carbocycles. The van der Waals surface area contributed by atoms with Gasteiger partial charge in [0.05, 0.1) is 12.6 Å². The van der Waals surface area contributed by atoms with Gasteiger partial charge in [0.15, 0.2) is 0 Å². The highest BCUT2D eigenvalue weighted by Gasteiger charge is 2.30. The highest BCUT2D eigenvalue weighted by molar-refractivity contribution is 7.80. The Hall–Kier alpha value is -1.85. The fraction of sp³-hybridized carbons (Fsp3) is 0.778. The van der Waals surface area contributed by atoms with E-state index in [4.69, 9.17) is 10.8 Å². The predicted octanol–water partition coefficient (Wildman–Crippen LogP) is -1.13. The molecule has 0 spiro atoms. The van der Waals surface area contributed by atoms with Gasteiger partial charge < -0.3 is 31.9 Å². The number of hydrogen-bond acceptors (Lipinski definition) is 7. The first-order valence-electron chi connectivity index (χ1n) is 9.59. The highest BCUT2D eigenvalue weighted by Crippen LogP contribution is 2.08. The summed E-state index contributed by atoms with van der Waals surface area (Å²) in [5, 5.41) is 25.7. The van der Waals surface area contributed by atoms with E-state index in [-0.39, 0.29) is 24.0 Å². The molecular weight excluding hydrogens is 400 g/mol. The maximum atomic E-state index is 12.5. The first-order chi connectivity index (χ1) is 13.5. The van der Waals surface area contributed by atoms with Crippen molar-refractivity contribution in [3.63, 3.8) is 0 Å². The minimum atomic E-state index is -1.29. The van der Waals surface area contributed by atoms with Gasteiger partial charge in [-0.15, -0.1) is 0 Å². The van der Waals surface area contributed by atoms with Crippen LogP contribution in [0.4, 0.5) is 0 Å². The van der Waals surface area contributed by atoms with Gasteiger partial charge in [-0.05, 0) is 18.3 Å². The van der Waals surface area contributed by atoms with E-state index in [0.717, 1.165) is 0 Å². The van der Waals surface area contributed by atoms with Gasteiger partial charge in [0.2, 0.25) is 17.7 Å². The Bertz CT molecular complexity index is 575. The lowest BCUT2D eigenvalue weighted by Crippen LogP contribution is -2.58. The quantitative estimate of drug-likeness (QED) is 0.180. The van der Waals surface area contributed by atoms with Gasteiger partial charge in [-0.3, -0.25) is 14.4 Å². The van der Waals surface area contributed by atoms with E-state index < -0.39 is 54.5 Å². The second-order valence-electron chi connectivity index (χ2n) is 7.43. The molecular formula is C18H34N4O6S. The Morgan fingerprint density at radius 3 is 1.83 bits per heavy atom. The van der Waals surface area contributed by atoms with Crippen molar-refractivity contribution in [3.05, 3.63) is 0 Å². The molecule has 10 nitrogen and oxygen atoms in total. The molecule has 0 aliphatic rings. The second kappa shape index (κ2) is 13.4. The van der Waals surface area contributed by atoms with Crippen LogP contribution in [0.15, 0.2) is 0 Å². The van der Waals surface area contributed by atoms with Crippen LogP contribution in [-0.4, -0.2) is 70.4 Å². The number of amides is 3.